The molecule has 0 saturated carbocycles. The van der Waals surface area contributed by atoms with Gasteiger partial charge in [-0.1, -0.05) is 20.8 Å². The van der Waals surface area contributed by atoms with Crippen LogP contribution < -0.4 is 0 Å². The lowest BCUT2D eigenvalue weighted by Gasteiger charge is -2.39. The van der Waals surface area contributed by atoms with Gasteiger partial charge in [0.15, 0.2) is 8.32 Å². The lowest BCUT2D eigenvalue weighted by atomic mass is 10.2. The summed E-state index contributed by atoms with van der Waals surface area (Å²) < 4.78 is 12.7. The molecule has 5 heteroatoms. The van der Waals surface area contributed by atoms with E-state index in [4.69, 9.17) is 9.16 Å². The second-order valence-corrected chi connectivity index (χ2v) is 12.2. The molecule has 0 saturated heterocycles. The summed E-state index contributed by atoms with van der Waals surface area (Å²) in [5.41, 5.74) is 0.982. The molecule has 0 spiro atoms. The minimum Gasteiger partial charge on any atom is -0.408 e. The van der Waals surface area contributed by atoms with Gasteiger partial charge in [-0.15, -0.1) is 0 Å². The highest BCUT2D eigenvalue weighted by molar-refractivity contribution is 9.10. The minimum absolute atomic E-state index is 0.00365. The predicted molar refractivity (Wildman–Crippen MR) is 89.5 cm³/mol. The van der Waals surface area contributed by atoms with Crippen molar-refractivity contribution < 1.29 is 9.16 Å². The van der Waals surface area contributed by atoms with Crippen LogP contribution in [0.25, 0.3) is 0 Å². The molecule has 1 unspecified atom stereocenters. The molecule has 1 atom stereocenters. The number of hydrogen-bond donors (Lipinski definition) is 0. The van der Waals surface area contributed by atoms with E-state index >= 15 is 0 Å². The fourth-order valence-electron chi connectivity index (χ4n) is 1.60. The molecule has 1 rings (SSSR count). The Balaban J connectivity index is 2.92. The van der Waals surface area contributed by atoms with Gasteiger partial charge in [-0.05, 0) is 46.2 Å². The van der Waals surface area contributed by atoms with E-state index in [2.05, 4.69) is 54.8 Å². The average molecular weight is 360 g/mol. The number of methoxy groups -OCH3 is 1. The molecule has 0 fully saturated rings. The SMILES string of the molecule is COCCC(O[Si](C)(C)C(C)(C)C)c1ccc(Br)cn1. The molecule has 0 N–H and O–H groups in total. The maximum atomic E-state index is 6.51. The van der Waals surface area contributed by atoms with E-state index in [1.807, 2.05) is 18.3 Å². The van der Waals surface area contributed by atoms with Crippen LogP contribution in [0.4, 0.5) is 0 Å². The predicted octanol–water partition coefficient (Wildman–Crippen LogP) is 4.94. The molecule has 1 aromatic heterocycles. The van der Waals surface area contributed by atoms with Crippen molar-refractivity contribution in [1.29, 1.82) is 0 Å². The number of nitrogens with zero attached hydrogens (tertiary/aromatic N) is 1. The van der Waals surface area contributed by atoms with Gasteiger partial charge in [0.25, 0.3) is 0 Å². The molecule has 0 aromatic carbocycles. The second kappa shape index (κ2) is 7.16. The van der Waals surface area contributed by atoms with Gasteiger partial charge < -0.3 is 9.16 Å². The van der Waals surface area contributed by atoms with E-state index in [0.29, 0.717) is 6.61 Å². The van der Waals surface area contributed by atoms with E-state index in [1.165, 1.54) is 0 Å². The molecular weight excluding hydrogens is 334 g/mol. The Morgan fingerprint density at radius 3 is 2.40 bits per heavy atom. The molecule has 0 amide bonds. The summed E-state index contributed by atoms with van der Waals surface area (Å²) in [6.45, 7) is 12.0. The zero-order valence-corrected chi connectivity index (χ0v) is 16.0. The Bertz CT molecular complexity index is 415. The average Bonchev–Trinajstić information content (AvgIpc) is 2.34. The maximum absolute atomic E-state index is 6.51. The molecule has 1 heterocycles. The first-order chi connectivity index (χ1) is 9.17. The van der Waals surface area contributed by atoms with Crippen LogP contribution in [0, 0.1) is 0 Å². The third-order valence-corrected chi connectivity index (χ3v) is 8.86. The Hall–Kier alpha value is -0.233. The van der Waals surface area contributed by atoms with Crippen LogP contribution in [0.3, 0.4) is 0 Å². The van der Waals surface area contributed by atoms with Gasteiger partial charge in [-0.3, -0.25) is 4.98 Å². The molecule has 0 radical (unpaired) electrons. The first-order valence-electron chi connectivity index (χ1n) is 6.95. The zero-order chi connectivity index (χ0) is 15.4. The van der Waals surface area contributed by atoms with Crippen LogP contribution in [0.15, 0.2) is 22.8 Å². The van der Waals surface area contributed by atoms with Crippen molar-refractivity contribution in [1.82, 2.24) is 4.98 Å². The third kappa shape index (κ3) is 4.95. The highest BCUT2D eigenvalue weighted by atomic mass is 79.9. The first-order valence-corrected chi connectivity index (χ1v) is 10.7. The van der Waals surface area contributed by atoms with Crippen molar-refractivity contribution in [2.24, 2.45) is 0 Å². The number of aromatic nitrogens is 1. The van der Waals surface area contributed by atoms with Gasteiger partial charge in [-0.2, -0.15) is 0 Å². The number of pyridine rings is 1. The molecule has 0 bridgehead atoms. The largest absolute Gasteiger partial charge is 0.408 e. The highest BCUT2D eigenvalue weighted by Gasteiger charge is 2.39. The maximum Gasteiger partial charge on any atom is 0.192 e. The summed E-state index contributed by atoms with van der Waals surface area (Å²) in [6.07, 6.45) is 2.66. The van der Waals surface area contributed by atoms with Crippen LogP contribution in [0.5, 0.6) is 0 Å². The van der Waals surface area contributed by atoms with Gasteiger partial charge in [0.1, 0.15) is 0 Å². The molecule has 0 aliphatic carbocycles. The molecule has 0 aliphatic heterocycles. The number of ether oxygens (including phenoxy) is 1. The van der Waals surface area contributed by atoms with Gasteiger partial charge in [0.2, 0.25) is 0 Å². The van der Waals surface area contributed by atoms with E-state index < -0.39 is 8.32 Å². The summed E-state index contributed by atoms with van der Waals surface area (Å²) in [5.74, 6) is 0. The van der Waals surface area contributed by atoms with E-state index in [1.54, 1.807) is 7.11 Å². The van der Waals surface area contributed by atoms with Crippen molar-refractivity contribution in [2.75, 3.05) is 13.7 Å². The van der Waals surface area contributed by atoms with E-state index in [9.17, 15) is 0 Å². The normalized spacial score (nSPS) is 14.3. The highest BCUT2D eigenvalue weighted by Crippen LogP contribution is 2.40. The Morgan fingerprint density at radius 2 is 1.95 bits per heavy atom. The van der Waals surface area contributed by atoms with Crippen LogP contribution in [-0.4, -0.2) is 27.0 Å². The quantitative estimate of drug-likeness (QED) is 0.673. The first kappa shape index (κ1) is 17.8. The van der Waals surface area contributed by atoms with Crippen molar-refractivity contribution in [2.45, 2.75) is 51.4 Å². The summed E-state index contributed by atoms with van der Waals surface area (Å²) in [7, 11) is -0.101. The van der Waals surface area contributed by atoms with Crippen molar-refractivity contribution >= 4 is 24.2 Å². The molecule has 114 valence electrons. The van der Waals surface area contributed by atoms with Crippen molar-refractivity contribution in [3.8, 4) is 0 Å². The Kier molecular flexibility index (Phi) is 6.38. The van der Waals surface area contributed by atoms with Gasteiger partial charge >= 0.3 is 0 Å². The van der Waals surface area contributed by atoms with Crippen LogP contribution in [0.2, 0.25) is 18.1 Å². The molecule has 0 aliphatic rings. The van der Waals surface area contributed by atoms with Gasteiger partial charge in [0, 0.05) is 30.8 Å². The van der Waals surface area contributed by atoms with Gasteiger partial charge in [0.05, 0.1) is 11.8 Å². The zero-order valence-electron chi connectivity index (χ0n) is 13.4. The molecular formula is C15H26BrNO2Si. The molecule has 20 heavy (non-hydrogen) atoms. The molecule has 3 nitrogen and oxygen atoms in total. The Morgan fingerprint density at radius 1 is 1.30 bits per heavy atom. The minimum atomic E-state index is -1.82. The van der Waals surface area contributed by atoms with Crippen LogP contribution >= 0.6 is 15.9 Å². The van der Waals surface area contributed by atoms with Crippen LogP contribution in [-0.2, 0) is 9.16 Å². The fraction of sp³-hybridized carbons (Fsp3) is 0.667. The third-order valence-electron chi connectivity index (χ3n) is 3.91. The van der Waals surface area contributed by atoms with Crippen molar-refractivity contribution in [3.63, 3.8) is 0 Å². The fourth-order valence-corrected chi connectivity index (χ4v) is 3.14. The summed E-state index contributed by atoms with van der Waals surface area (Å²) in [5, 5.41) is 0.188. The number of hydrogen-bond acceptors (Lipinski definition) is 3. The number of halogens is 1. The summed E-state index contributed by atoms with van der Waals surface area (Å²) >= 11 is 3.42. The van der Waals surface area contributed by atoms with Crippen molar-refractivity contribution in [3.05, 3.63) is 28.5 Å². The smallest absolute Gasteiger partial charge is 0.192 e. The number of rotatable bonds is 6. The van der Waals surface area contributed by atoms with E-state index in [0.717, 1.165) is 16.6 Å². The summed E-state index contributed by atoms with van der Waals surface area (Å²) in [4.78, 5) is 4.49. The lowest BCUT2D eigenvalue weighted by molar-refractivity contribution is 0.113. The monoisotopic (exact) mass is 359 g/mol. The molecule has 1 aromatic rings. The standard InChI is InChI=1S/C15H26BrNO2Si/c1-15(2,3)20(5,6)19-14(9-10-18-4)13-8-7-12(16)11-17-13/h7-8,11,14H,9-10H2,1-6H3. The van der Waals surface area contributed by atoms with Gasteiger partial charge in [-0.25, -0.2) is 0 Å². The summed E-state index contributed by atoms with van der Waals surface area (Å²) in [6, 6.07) is 4.04. The van der Waals surface area contributed by atoms with Crippen LogP contribution in [0.1, 0.15) is 39.0 Å². The lowest BCUT2D eigenvalue weighted by Crippen LogP contribution is -2.42. The topological polar surface area (TPSA) is 31.4 Å². The Labute approximate surface area is 132 Å². The second-order valence-electron chi connectivity index (χ2n) is 6.55. The van der Waals surface area contributed by atoms with E-state index in [-0.39, 0.29) is 11.1 Å².